The molecule has 0 aromatic carbocycles. The van der Waals surface area contributed by atoms with Gasteiger partial charge in [0.1, 0.15) is 0 Å². The van der Waals surface area contributed by atoms with E-state index in [0.717, 1.165) is 19.5 Å². The van der Waals surface area contributed by atoms with Gasteiger partial charge in [0.2, 0.25) is 5.91 Å². The number of rotatable bonds is 1. The predicted octanol–water partition coefficient (Wildman–Crippen LogP) is 1.26. The molecule has 2 bridgehead atoms. The average molecular weight is 208 g/mol. The number of hydrogen-bond donors (Lipinski definition) is 0. The lowest BCUT2D eigenvalue weighted by Gasteiger charge is -2.41. The lowest BCUT2D eigenvalue weighted by molar-refractivity contribution is -0.128. The first kappa shape index (κ1) is 10.7. The van der Waals surface area contributed by atoms with Crippen LogP contribution in [0.2, 0.25) is 0 Å². The largest absolute Gasteiger partial charge is 0.333 e. The van der Waals surface area contributed by atoms with E-state index in [9.17, 15) is 4.79 Å². The van der Waals surface area contributed by atoms with Crippen molar-refractivity contribution in [3.63, 3.8) is 0 Å². The van der Waals surface area contributed by atoms with E-state index in [4.69, 9.17) is 0 Å². The van der Waals surface area contributed by atoms with Gasteiger partial charge in [0.15, 0.2) is 0 Å². The van der Waals surface area contributed by atoms with Crippen LogP contribution < -0.4 is 0 Å². The van der Waals surface area contributed by atoms with Gasteiger partial charge in [-0.3, -0.25) is 9.69 Å². The summed E-state index contributed by atoms with van der Waals surface area (Å²) in [4.78, 5) is 16.0. The molecule has 2 aliphatic rings. The Hall–Kier alpha value is -0.830. The highest BCUT2D eigenvalue weighted by molar-refractivity contribution is 5.87. The minimum absolute atomic E-state index is 0.0936. The van der Waals surface area contributed by atoms with Gasteiger partial charge in [0.05, 0.1) is 0 Å². The molecule has 2 fully saturated rings. The molecule has 2 heterocycles. The highest BCUT2D eigenvalue weighted by atomic mass is 16.2. The van der Waals surface area contributed by atoms with Crippen LogP contribution in [-0.2, 0) is 4.79 Å². The molecule has 0 saturated carbocycles. The number of likely N-dealkylation sites (tertiary alicyclic amines) is 2. The molecule has 1 amide bonds. The van der Waals surface area contributed by atoms with E-state index < -0.39 is 0 Å². The highest BCUT2D eigenvalue weighted by Gasteiger charge is 2.47. The van der Waals surface area contributed by atoms with Gasteiger partial charge in [-0.15, -0.1) is 0 Å². The van der Waals surface area contributed by atoms with E-state index in [-0.39, 0.29) is 11.4 Å². The smallest absolute Gasteiger partial charge is 0.246 e. The number of piperazine rings is 1. The molecule has 15 heavy (non-hydrogen) atoms. The maximum absolute atomic E-state index is 11.5. The van der Waals surface area contributed by atoms with E-state index >= 15 is 0 Å². The highest BCUT2D eigenvalue weighted by Crippen LogP contribution is 2.35. The summed E-state index contributed by atoms with van der Waals surface area (Å²) in [7, 11) is 0. The summed E-state index contributed by atoms with van der Waals surface area (Å²) >= 11 is 0. The molecular formula is C12H20N2O. The van der Waals surface area contributed by atoms with Crippen LogP contribution in [0.1, 0.15) is 27.2 Å². The third-order valence-electron chi connectivity index (χ3n) is 3.56. The second kappa shape index (κ2) is 3.34. The Labute approximate surface area is 91.7 Å². The Kier molecular flexibility index (Phi) is 2.38. The van der Waals surface area contributed by atoms with E-state index in [1.54, 1.807) is 0 Å². The minimum Gasteiger partial charge on any atom is -0.333 e. The summed E-state index contributed by atoms with van der Waals surface area (Å²) in [5.74, 6) is 0.0936. The number of amides is 1. The molecule has 2 atom stereocenters. The van der Waals surface area contributed by atoms with Crippen molar-refractivity contribution in [1.82, 2.24) is 9.80 Å². The van der Waals surface area contributed by atoms with Crippen molar-refractivity contribution in [1.29, 1.82) is 0 Å². The summed E-state index contributed by atoms with van der Waals surface area (Å²) in [5.41, 5.74) is 0.225. The van der Waals surface area contributed by atoms with Crippen LogP contribution in [0.25, 0.3) is 0 Å². The molecule has 0 aromatic rings. The van der Waals surface area contributed by atoms with Gasteiger partial charge >= 0.3 is 0 Å². The number of fused-ring (bicyclic) bond motifs is 2. The van der Waals surface area contributed by atoms with Gasteiger partial charge in [-0.2, -0.15) is 0 Å². The van der Waals surface area contributed by atoms with Gasteiger partial charge in [-0.1, -0.05) is 6.58 Å². The van der Waals surface area contributed by atoms with Gasteiger partial charge in [-0.05, 0) is 33.3 Å². The Balaban J connectivity index is 2.06. The van der Waals surface area contributed by atoms with Crippen molar-refractivity contribution in [3.05, 3.63) is 12.7 Å². The van der Waals surface area contributed by atoms with Crippen LogP contribution in [0.4, 0.5) is 0 Å². The lowest BCUT2D eigenvalue weighted by Crippen LogP contribution is -2.54. The zero-order chi connectivity index (χ0) is 11.2. The summed E-state index contributed by atoms with van der Waals surface area (Å²) in [6.07, 6.45) is 2.57. The standard InChI is InChI=1S/C12H20N2O/c1-5-11(15)13-7-10-6-9(13)8-14(10)12(2,3)4/h5,9-10H,1,6-8H2,2-4H3. The van der Waals surface area contributed by atoms with Crippen molar-refractivity contribution < 1.29 is 4.79 Å². The molecule has 0 radical (unpaired) electrons. The quantitative estimate of drug-likeness (QED) is 0.606. The van der Waals surface area contributed by atoms with Crippen molar-refractivity contribution >= 4 is 5.91 Å². The number of nitrogens with zero attached hydrogens (tertiary/aromatic N) is 2. The molecular weight excluding hydrogens is 188 g/mol. The first-order valence-corrected chi connectivity index (χ1v) is 5.63. The molecule has 2 saturated heterocycles. The van der Waals surface area contributed by atoms with Crippen molar-refractivity contribution in [2.75, 3.05) is 13.1 Å². The Bertz CT molecular complexity index is 292. The summed E-state index contributed by atoms with van der Waals surface area (Å²) < 4.78 is 0. The van der Waals surface area contributed by atoms with Crippen LogP contribution in [0.15, 0.2) is 12.7 Å². The van der Waals surface area contributed by atoms with Crippen LogP contribution >= 0.6 is 0 Å². The second-order valence-electron chi connectivity index (χ2n) is 5.56. The van der Waals surface area contributed by atoms with Crippen LogP contribution in [0.5, 0.6) is 0 Å². The van der Waals surface area contributed by atoms with Crippen molar-refractivity contribution in [2.45, 2.75) is 44.8 Å². The summed E-state index contributed by atoms with van der Waals surface area (Å²) in [6, 6.07) is 0.971. The molecule has 2 aliphatic heterocycles. The third-order valence-corrected chi connectivity index (χ3v) is 3.56. The van der Waals surface area contributed by atoms with Crippen molar-refractivity contribution in [3.8, 4) is 0 Å². The molecule has 84 valence electrons. The van der Waals surface area contributed by atoms with E-state index in [2.05, 4.69) is 32.3 Å². The third kappa shape index (κ3) is 1.69. The SMILES string of the molecule is C=CC(=O)N1CC2CC1CN2C(C)(C)C. The fourth-order valence-electron chi connectivity index (χ4n) is 2.88. The zero-order valence-electron chi connectivity index (χ0n) is 9.86. The Morgan fingerprint density at radius 2 is 2.00 bits per heavy atom. The molecule has 3 heteroatoms. The Morgan fingerprint density at radius 1 is 1.33 bits per heavy atom. The lowest BCUT2D eigenvalue weighted by atomic mass is 10.0. The molecule has 2 unspecified atom stereocenters. The summed E-state index contributed by atoms with van der Waals surface area (Å²) in [5, 5.41) is 0. The van der Waals surface area contributed by atoms with Crippen LogP contribution in [0.3, 0.4) is 0 Å². The van der Waals surface area contributed by atoms with Crippen molar-refractivity contribution in [2.24, 2.45) is 0 Å². The van der Waals surface area contributed by atoms with Crippen LogP contribution in [-0.4, -0.2) is 46.4 Å². The van der Waals surface area contributed by atoms with Gasteiger partial charge in [-0.25, -0.2) is 0 Å². The van der Waals surface area contributed by atoms with Gasteiger partial charge in [0, 0.05) is 30.7 Å². The predicted molar refractivity (Wildman–Crippen MR) is 60.6 cm³/mol. The number of carbonyl (C=O) groups excluding carboxylic acids is 1. The zero-order valence-corrected chi connectivity index (χ0v) is 9.86. The molecule has 0 aliphatic carbocycles. The molecule has 0 aromatic heterocycles. The molecule has 0 N–H and O–H groups in total. The van der Waals surface area contributed by atoms with Crippen LogP contribution in [0, 0.1) is 0 Å². The van der Waals surface area contributed by atoms with Gasteiger partial charge in [0.25, 0.3) is 0 Å². The molecule has 3 nitrogen and oxygen atoms in total. The van der Waals surface area contributed by atoms with E-state index in [1.807, 2.05) is 4.90 Å². The van der Waals surface area contributed by atoms with E-state index in [0.29, 0.717) is 12.1 Å². The fourth-order valence-corrected chi connectivity index (χ4v) is 2.88. The van der Waals surface area contributed by atoms with Gasteiger partial charge < -0.3 is 4.90 Å². The maximum Gasteiger partial charge on any atom is 0.246 e. The average Bonchev–Trinajstić information content (AvgIpc) is 2.73. The monoisotopic (exact) mass is 208 g/mol. The maximum atomic E-state index is 11.5. The normalized spacial score (nSPS) is 31.0. The molecule has 2 rings (SSSR count). The second-order valence-corrected chi connectivity index (χ2v) is 5.56. The minimum atomic E-state index is 0.0936. The number of carbonyl (C=O) groups is 1. The number of hydrogen-bond acceptors (Lipinski definition) is 2. The topological polar surface area (TPSA) is 23.6 Å². The van der Waals surface area contributed by atoms with E-state index in [1.165, 1.54) is 6.08 Å². The Morgan fingerprint density at radius 3 is 2.40 bits per heavy atom. The first-order chi connectivity index (χ1) is 6.93. The fraction of sp³-hybridized carbons (Fsp3) is 0.750. The molecule has 0 spiro atoms. The first-order valence-electron chi connectivity index (χ1n) is 5.63. The summed E-state index contributed by atoms with van der Waals surface area (Å²) in [6.45, 7) is 12.2.